The van der Waals surface area contributed by atoms with Gasteiger partial charge in [0.25, 0.3) is 0 Å². The van der Waals surface area contributed by atoms with Crippen LogP contribution >= 0.6 is 0 Å². The first-order valence-electron chi connectivity index (χ1n) is 6.91. The fourth-order valence-electron chi connectivity index (χ4n) is 2.34. The maximum Gasteiger partial charge on any atom is 0.331 e. The molecule has 1 aromatic carbocycles. The van der Waals surface area contributed by atoms with E-state index in [2.05, 4.69) is 10.1 Å². The summed E-state index contributed by atoms with van der Waals surface area (Å²) < 4.78 is 2.00. The van der Waals surface area contributed by atoms with Crippen LogP contribution in [0.5, 0.6) is 0 Å². The average molecular weight is 293 g/mol. The number of pyridine rings is 1. The van der Waals surface area contributed by atoms with Gasteiger partial charge < -0.3 is 9.40 Å². The van der Waals surface area contributed by atoms with Gasteiger partial charge >= 0.3 is 5.97 Å². The van der Waals surface area contributed by atoms with Crippen molar-refractivity contribution in [3.05, 3.63) is 60.4 Å². The van der Waals surface area contributed by atoms with Gasteiger partial charge in [-0.1, -0.05) is 29.4 Å². The maximum atomic E-state index is 10.9. The summed E-state index contributed by atoms with van der Waals surface area (Å²) >= 11 is 0. The Labute approximate surface area is 127 Å². The number of carbonyl (C=O) groups excluding carboxylic acids is 1. The Hall–Kier alpha value is -2.95. The Kier molecular flexibility index (Phi) is 3.70. The predicted octanol–water partition coefficient (Wildman–Crippen LogP) is 3.31. The number of hydrogen-bond acceptors (Lipinski definition) is 4. The van der Waals surface area contributed by atoms with E-state index in [1.807, 2.05) is 60.2 Å². The van der Waals surface area contributed by atoms with E-state index < -0.39 is 5.97 Å². The molecule has 3 aromatic rings. The predicted molar refractivity (Wildman–Crippen MR) is 85.0 cm³/mol. The Morgan fingerprint density at radius 3 is 2.64 bits per heavy atom. The van der Waals surface area contributed by atoms with E-state index in [0.29, 0.717) is 5.71 Å². The molecule has 22 heavy (non-hydrogen) atoms. The summed E-state index contributed by atoms with van der Waals surface area (Å²) in [6.07, 6.45) is 3.71. The lowest BCUT2D eigenvalue weighted by atomic mass is 10.1. The van der Waals surface area contributed by atoms with Crippen LogP contribution in [0.15, 0.2) is 60.0 Å². The van der Waals surface area contributed by atoms with Crippen LogP contribution in [0.3, 0.4) is 0 Å². The number of carbonyl (C=O) groups is 1. The molecule has 110 valence electrons. The number of nitrogens with zero attached hydrogens (tertiary/aromatic N) is 3. The molecule has 0 unspecified atom stereocenters. The lowest BCUT2D eigenvalue weighted by molar-refractivity contribution is -0.140. The molecule has 0 saturated heterocycles. The second kappa shape index (κ2) is 5.81. The van der Waals surface area contributed by atoms with Gasteiger partial charge in [0.2, 0.25) is 0 Å². The Bertz CT molecular complexity index is 851. The summed E-state index contributed by atoms with van der Waals surface area (Å²) in [5.74, 6) is 0.387. The maximum absolute atomic E-state index is 10.9. The van der Waals surface area contributed by atoms with Crippen molar-refractivity contribution in [1.29, 1.82) is 0 Å². The van der Waals surface area contributed by atoms with Crippen molar-refractivity contribution in [2.75, 3.05) is 0 Å². The highest BCUT2D eigenvalue weighted by atomic mass is 16.7. The third kappa shape index (κ3) is 2.61. The number of hydrogen-bond donors (Lipinski definition) is 0. The summed E-state index contributed by atoms with van der Waals surface area (Å²) in [4.78, 5) is 20.1. The monoisotopic (exact) mass is 293 g/mol. The SMILES string of the molecule is CC(=O)O/N=C(\C)c1cn(-c2ccccn2)c2ccccc12. The third-order valence-corrected chi connectivity index (χ3v) is 3.31. The van der Waals surface area contributed by atoms with Crippen molar-refractivity contribution in [2.45, 2.75) is 13.8 Å². The Balaban J connectivity index is 2.17. The second-order valence-electron chi connectivity index (χ2n) is 4.88. The van der Waals surface area contributed by atoms with Crippen molar-refractivity contribution in [3.63, 3.8) is 0 Å². The summed E-state index contributed by atoms with van der Waals surface area (Å²) in [7, 11) is 0. The normalized spacial score (nSPS) is 11.6. The minimum absolute atomic E-state index is 0.437. The van der Waals surface area contributed by atoms with Gasteiger partial charge in [0.15, 0.2) is 0 Å². The molecule has 0 aliphatic rings. The molecule has 5 heteroatoms. The highest BCUT2D eigenvalue weighted by molar-refractivity contribution is 6.10. The van der Waals surface area contributed by atoms with Gasteiger partial charge in [-0.3, -0.25) is 0 Å². The summed E-state index contributed by atoms with van der Waals surface area (Å²) in [6, 6.07) is 13.7. The number of aromatic nitrogens is 2. The molecule has 0 aliphatic carbocycles. The Morgan fingerprint density at radius 1 is 1.14 bits per heavy atom. The minimum Gasteiger partial charge on any atom is -0.318 e. The summed E-state index contributed by atoms with van der Waals surface area (Å²) in [5, 5.41) is 4.91. The molecular formula is C17H15N3O2. The van der Waals surface area contributed by atoms with Crippen LogP contribution in [-0.4, -0.2) is 21.2 Å². The van der Waals surface area contributed by atoms with Crippen molar-refractivity contribution < 1.29 is 9.63 Å². The summed E-state index contributed by atoms with van der Waals surface area (Å²) in [6.45, 7) is 3.14. The van der Waals surface area contributed by atoms with Gasteiger partial charge in [0, 0.05) is 30.3 Å². The molecule has 0 radical (unpaired) electrons. The number of benzene rings is 1. The van der Waals surface area contributed by atoms with Gasteiger partial charge in [0.05, 0.1) is 11.2 Å². The van der Waals surface area contributed by atoms with E-state index in [0.717, 1.165) is 22.3 Å². The van der Waals surface area contributed by atoms with E-state index >= 15 is 0 Å². The fourth-order valence-corrected chi connectivity index (χ4v) is 2.34. The van der Waals surface area contributed by atoms with E-state index in [-0.39, 0.29) is 0 Å². The van der Waals surface area contributed by atoms with Crippen LogP contribution in [-0.2, 0) is 9.63 Å². The largest absolute Gasteiger partial charge is 0.331 e. The van der Waals surface area contributed by atoms with Gasteiger partial charge in [0.1, 0.15) is 5.82 Å². The molecule has 2 heterocycles. The molecule has 5 nitrogen and oxygen atoms in total. The summed E-state index contributed by atoms with van der Waals surface area (Å²) in [5.41, 5.74) is 2.57. The lowest BCUT2D eigenvalue weighted by Crippen LogP contribution is -1.99. The quantitative estimate of drug-likeness (QED) is 0.423. The van der Waals surface area contributed by atoms with Gasteiger partial charge in [-0.25, -0.2) is 9.78 Å². The fraction of sp³-hybridized carbons (Fsp3) is 0.118. The highest BCUT2D eigenvalue weighted by Crippen LogP contribution is 2.24. The first-order chi connectivity index (χ1) is 10.7. The minimum atomic E-state index is -0.437. The van der Waals surface area contributed by atoms with Crippen LogP contribution in [0.4, 0.5) is 0 Å². The number of para-hydroxylation sites is 1. The topological polar surface area (TPSA) is 56.5 Å². The first-order valence-corrected chi connectivity index (χ1v) is 6.91. The van der Waals surface area contributed by atoms with Gasteiger partial charge in [-0.2, -0.15) is 0 Å². The van der Waals surface area contributed by atoms with Crippen LogP contribution < -0.4 is 0 Å². The second-order valence-corrected chi connectivity index (χ2v) is 4.88. The molecule has 0 N–H and O–H groups in total. The smallest absolute Gasteiger partial charge is 0.318 e. The highest BCUT2D eigenvalue weighted by Gasteiger charge is 2.12. The molecule has 0 amide bonds. The average Bonchev–Trinajstić information content (AvgIpc) is 2.93. The van der Waals surface area contributed by atoms with Gasteiger partial charge in [-0.15, -0.1) is 0 Å². The molecule has 0 saturated carbocycles. The molecule has 0 atom stereocenters. The van der Waals surface area contributed by atoms with Gasteiger partial charge in [-0.05, 0) is 25.1 Å². The standard InChI is InChI=1S/C17H15N3O2/c1-12(19-22-13(2)21)15-11-20(17-9-5-6-10-18-17)16-8-4-3-7-14(15)16/h3-11H,1-2H3/b19-12+. The molecule has 0 bridgehead atoms. The van der Waals surface area contributed by atoms with Crippen molar-refractivity contribution >= 4 is 22.6 Å². The lowest BCUT2D eigenvalue weighted by Gasteiger charge is -2.02. The van der Waals surface area contributed by atoms with Crippen LogP contribution in [0.25, 0.3) is 16.7 Å². The molecular weight excluding hydrogens is 278 g/mol. The van der Waals surface area contributed by atoms with Crippen LogP contribution in [0.1, 0.15) is 19.4 Å². The van der Waals surface area contributed by atoms with Crippen molar-refractivity contribution in [2.24, 2.45) is 5.16 Å². The zero-order chi connectivity index (χ0) is 15.5. The van der Waals surface area contributed by atoms with E-state index in [4.69, 9.17) is 4.84 Å². The van der Waals surface area contributed by atoms with Crippen molar-refractivity contribution in [3.8, 4) is 5.82 Å². The number of rotatable bonds is 3. The van der Waals surface area contributed by atoms with Crippen LogP contribution in [0, 0.1) is 0 Å². The third-order valence-electron chi connectivity index (χ3n) is 3.31. The van der Waals surface area contributed by atoms with E-state index in [1.54, 1.807) is 6.20 Å². The molecule has 0 fully saturated rings. The first kappa shape index (κ1) is 14.0. The van der Waals surface area contributed by atoms with E-state index in [1.165, 1.54) is 6.92 Å². The number of fused-ring (bicyclic) bond motifs is 1. The van der Waals surface area contributed by atoms with Crippen molar-refractivity contribution in [1.82, 2.24) is 9.55 Å². The molecule has 2 aromatic heterocycles. The number of oxime groups is 1. The Morgan fingerprint density at radius 2 is 1.91 bits per heavy atom. The molecule has 3 rings (SSSR count). The molecule has 0 spiro atoms. The molecule has 0 aliphatic heterocycles. The van der Waals surface area contributed by atoms with E-state index in [9.17, 15) is 4.79 Å². The zero-order valence-electron chi connectivity index (χ0n) is 12.4. The zero-order valence-corrected chi connectivity index (χ0v) is 12.4. The van der Waals surface area contributed by atoms with Crippen LogP contribution in [0.2, 0.25) is 0 Å².